The van der Waals surface area contributed by atoms with Crippen molar-refractivity contribution in [3.8, 4) is 22.8 Å². The summed E-state index contributed by atoms with van der Waals surface area (Å²) in [6.45, 7) is 0. The first-order valence-corrected chi connectivity index (χ1v) is 10.5. The highest BCUT2D eigenvalue weighted by molar-refractivity contribution is 6.41. The number of hydrogen-bond donors (Lipinski definition) is 3. The number of nitrogen functional groups attached to an aromatic ring is 1. The van der Waals surface area contributed by atoms with Crippen LogP contribution in [0.5, 0.6) is 11.5 Å². The molecule has 0 unspecified atom stereocenters. The molecule has 170 valence electrons. The van der Waals surface area contributed by atoms with E-state index in [1.807, 2.05) is 29.9 Å². The Labute approximate surface area is 200 Å². The summed E-state index contributed by atoms with van der Waals surface area (Å²) in [4.78, 5) is 13.2. The Morgan fingerprint density at radius 3 is 2.33 bits per heavy atom. The standard InChI is InChI=1S/C22H21Cl2N7O2/c1-31-8-6-13(25)22(31)29-17-9-14(27-11-28-17)12-5-4-7-26-21(12)30-20-18(23)15(32-2)10-16(33-3)19(20)24/h4-11H,25H2,1-3H3,(H,26,30)(H,27,28,29). The molecule has 0 aliphatic carbocycles. The van der Waals surface area contributed by atoms with E-state index in [0.717, 1.165) is 5.82 Å². The lowest BCUT2D eigenvalue weighted by Gasteiger charge is -2.17. The molecule has 9 nitrogen and oxygen atoms in total. The van der Waals surface area contributed by atoms with Crippen LogP contribution in [0.3, 0.4) is 0 Å². The second-order valence-corrected chi connectivity index (χ2v) is 7.71. The third-order valence-corrected chi connectivity index (χ3v) is 5.67. The zero-order valence-electron chi connectivity index (χ0n) is 18.1. The molecule has 0 saturated carbocycles. The molecule has 0 spiro atoms. The molecule has 3 heterocycles. The lowest BCUT2D eigenvalue weighted by molar-refractivity contribution is 0.395. The summed E-state index contributed by atoms with van der Waals surface area (Å²) >= 11 is 13.0. The van der Waals surface area contributed by atoms with E-state index in [9.17, 15) is 0 Å². The largest absolute Gasteiger partial charge is 0.495 e. The number of benzene rings is 1. The Morgan fingerprint density at radius 2 is 1.70 bits per heavy atom. The summed E-state index contributed by atoms with van der Waals surface area (Å²) < 4.78 is 12.6. The number of anilines is 5. The molecule has 3 aromatic heterocycles. The molecule has 1 aromatic carbocycles. The number of pyridine rings is 1. The number of rotatable bonds is 7. The minimum Gasteiger partial charge on any atom is -0.495 e. The van der Waals surface area contributed by atoms with Gasteiger partial charge in [-0.2, -0.15) is 0 Å². The molecule has 0 bridgehead atoms. The van der Waals surface area contributed by atoms with Crippen molar-refractivity contribution in [2.45, 2.75) is 0 Å². The average Bonchev–Trinajstić information content (AvgIpc) is 3.14. The van der Waals surface area contributed by atoms with Gasteiger partial charge in [-0.15, -0.1) is 0 Å². The number of aryl methyl sites for hydroxylation is 1. The van der Waals surface area contributed by atoms with Crippen LogP contribution in [0.1, 0.15) is 0 Å². The molecule has 0 atom stereocenters. The molecule has 33 heavy (non-hydrogen) atoms. The van der Waals surface area contributed by atoms with Gasteiger partial charge >= 0.3 is 0 Å². The van der Waals surface area contributed by atoms with Crippen LogP contribution in [0.4, 0.5) is 28.8 Å². The first-order chi connectivity index (χ1) is 15.9. The predicted octanol–water partition coefficient (Wildman–Crippen LogP) is 5.27. The third kappa shape index (κ3) is 4.46. The first kappa shape index (κ1) is 22.5. The van der Waals surface area contributed by atoms with Gasteiger partial charge in [-0.05, 0) is 18.2 Å². The van der Waals surface area contributed by atoms with E-state index in [4.69, 9.17) is 38.4 Å². The van der Waals surface area contributed by atoms with Gasteiger partial charge in [-0.25, -0.2) is 15.0 Å². The van der Waals surface area contributed by atoms with Gasteiger partial charge < -0.3 is 30.4 Å². The van der Waals surface area contributed by atoms with Crippen molar-refractivity contribution in [1.29, 1.82) is 0 Å². The van der Waals surface area contributed by atoms with Crippen LogP contribution < -0.4 is 25.8 Å². The van der Waals surface area contributed by atoms with Gasteiger partial charge in [-0.3, -0.25) is 0 Å². The van der Waals surface area contributed by atoms with Crippen LogP contribution >= 0.6 is 23.2 Å². The summed E-state index contributed by atoms with van der Waals surface area (Å²) in [5.74, 6) is 2.60. The highest BCUT2D eigenvalue weighted by atomic mass is 35.5. The molecule has 0 aliphatic heterocycles. The van der Waals surface area contributed by atoms with Crippen LogP contribution in [-0.2, 0) is 7.05 Å². The maximum atomic E-state index is 6.52. The number of aromatic nitrogens is 4. The predicted molar refractivity (Wildman–Crippen MR) is 131 cm³/mol. The summed E-state index contributed by atoms with van der Waals surface area (Å²) in [6, 6.07) is 8.90. The second-order valence-electron chi connectivity index (χ2n) is 6.95. The van der Waals surface area contributed by atoms with Crippen LogP contribution in [0.15, 0.2) is 49.1 Å². The lowest BCUT2D eigenvalue weighted by atomic mass is 10.1. The molecule has 11 heteroatoms. The molecule has 0 radical (unpaired) electrons. The van der Waals surface area contributed by atoms with Crippen LogP contribution in [0.2, 0.25) is 10.0 Å². The molecule has 0 fully saturated rings. The minimum absolute atomic E-state index is 0.295. The Balaban J connectivity index is 1.73. The van der Waals surface area contributed by atoms with Crippen molar-refractivity contribution < 1.29 is 9.47 Å². The fraction of sp³-hybridized carbons (Fsp3) is 0.136. The number of ether oxygens (including phenoxy) is 2. The maximum absolute atomic E-state index is 6.52. The minimum atomic E-state index is 0.295. The highest BCUT2D eigenvalue weighted by Gasteiger charge is 2.19. The number of methoxy groups -OCH3 is 2. The summed E-state index contributed by atoms with van der Waals surface area (Å²) in [5.41, 5.74) is 8.37. The van der Waals surface area contributed by atoms with Crippen LogP contribution in [-0.4, -0.2) is 33.7 Å². The van der Waals surface area contributed by atoms with E-state index in [2.05, 4.69) is 25.6 Å². The topological polar surface area (TPSA) is 112 Å². The molecule has 4 aromatic rings. The van der Waals surface area contributed by atoms with Gasteiger partial charge in [0.05, 0.1) is 31.3 Å². The average molecular weight is 486 g/mol. The summed E-state index contributed by atoms with van der Waals surface area (Å²) in [6.07, 6.45) is 4.97. The van der Waals surface area contributed by atoms with Crippen molar-refractivity contribution in [1.82, 2.24) is 19.5 Å². The van der Waals surface area contributed by atoms with E-state index >= 15 is 0 Å². The van der Waals surface area contributed by atoms with E-state index in [1.54, 1.807) is 24.4 Å². The normalized spacial score (nSPS) is 10.7. The molecule has 0 saturated heterocycles. The lowest BCUT2D eigenvalue weighted by Crippen LogP contribution is -2.03. The van der Waals surface area contributed by atoms with Crippen LogP contribution in [0, 0.1) is 0 Å². The van der Waals surface area contributed by atoms with Gasteiger partial charge in [0.25, 0.3) is 0 Å². The van der Waals surface area contributed by atoms with Crippen molar-refractivity contribution in [2.75, 3.05) is 30.6 Å². The van der Waals surface area contributed by atoms with Crippen molar-refractivity contribution in [3.05, 3.63) is 59.1 Å². The molecule has 0 amide bonds. The fourth-order valence-electron chi connectivity index (χ4n) is 3.23. The Bertz CT molecular complexity index is 1260. The van der Waals surface area contributed by atoms with Gasteiger partial charge in [0.2, 0.25) is 0 Å². The zero-order valence-corrected chi connectivity index (χ0v) is 19.6. The van der Waals surface area contributed by atoms with Gasteiger partial charge in [-0.1, -0.05) is 23.2 Å². The molecular weight excluding hydrogens is 465 g/mol. The van der Waals surface area contributed by atoms with Gasteiger partial charge in [0.15, 0.2) is 0 Å². The molecule has 0 aliphatic rings. The zero-order chi connectivity index (χ0) is 23.5. The number of halogens is 2. The fourth-order valence-corrected chi connectivity index (χ4v) is 3.82. The summed E-state index contributed by atoms with van der Waals surface area (Å²) in [5, 5.41) is 7.01. The van der Waals surface area contributed by atoms with Crippen molar-refractivity contribution in [2.24, 2.45) is 7.05 Å². The summed E-state index contributed by atoms with van der Waals surface area (Å²) in [7, 11) is 4.92. The van der Waals surface area contributed by atoms with E-state index in [1.165, 1.54) is 20.5 Å². The Kier molecular flexibility index (Phi) is 6.43. The van der Waals surface area contributed by atoms with E-state index < -0.39 is 0 Å². The van der Waals surface area contributed by atoms with E-state index in [-0.39, 0.29) is 0 Å². The van der Waals surface area contributed by atoms with Crippen molar-refractivity contribution in [3.63, 3.8) is 0 Å². The monoisotopic (exact) mass is 485 g/mol. The number of nitrogens with one attached hydrogen (secondary N) is 2. The van der Waals surface area contributed by atoms with E-state index in [0.29, 0.717) is 55.8 Å². The highest BCUT2D eigenvalue weighted by Crippen LogP contribution is 2.45. The molecule has 4 N–H and O–H groups in total. The van der Waals surface area contributed by atoms with Crippen LogP contribution in [0.25, 0.3) is 11.3 Å². The smallest absolute Gasteiger partial charge is 0.143 e. The third-order valence-electron chi connectivity index (χ3n) is 4.92. The first-order valence-electron chi connectivity index (χ1n) is 9.75. The quantitative estimate of drug-likeness (QED) is 0.324. The number of hydrogen-bond acceptors (Lipinski definition) is 8. The molecule has 4 rings (SSSR count). The maximum Gasteiger partial charge on any atom is 0.143 e. The molecular formula is C22H21Cl2N7O2. The SMILES string of the molecule is COc1cc(OC)c(Cl)c(Nc2ncccc2-c2cc(Nc3c(N)ccn3C)ncn2)c1Cl. The number of nitrogens with two attached hydrogens (primary N) is 1. The van der Waals surface area contributed by atoms with Gasteiger partial charge in [0, 0.05) is 37.1 Å². The number of nitrogens with zero attached hydrogens (tertiary/aromatic N) is 4. The Morgan fingerprint density at radius 1 is 0.970 bits per heavy atom. The van der Waals surface area contributed by atoms with Crippen molar-refractivity contribution >= 4 is 52.0 Å². The Hall–Kier alpha value is -3.69. The van der Waals surface area contributed by atoms with Gasteiger partial charge in [0.1, 0.15) is 45.3 Å². The second kappa shape index (κ2) is 9.43.